The van der Waals surface area contributed by atoms with Crippen molar-refractivity contribution in [1.29, 1.82) is 0 Å². The maximum atomic E-state index is 11.4. The maximum Gasteiger partial charge on any atom is 0.279 e. The molecule has 2 rings (SSSR count). The van der Waals surface area contributed by atoms with Crippen molar-refractivity contribution in [3.8, 4) is 0 Å². The molecule has 4 heteroatoms. The highest BCUT2D eigenvalue weighted by Crippen LogP contribution is 2.28. The highest BCUT2D eigenvalue weighted by atomic mass is 79.9. The molecule has 1 aromatic carbocycles. The summed E-state index contributed by atoms with van der Waals surface area (Å²) in [5.74, 6) is -0.250. The molecule has 0 saturated heterocycles. The largest absolute Gasteiger partial charge is 0.398 e. The van der Waals surface area contributed by atoms with Gasteiger partial charge in [0.05, 0.1) is 5.56 Å². The van der Waals surface area contributed by atoms with Crippen LogP contribution >= 0.6 is 15.9 Å². The van der Waals surface area contributed by atoms with E-state index in [1.54, 1.807) is 12.3 Å². The second-order valence-corrected chi connectivity index (χ2v) is 3.67. The molecular weight excluding hydrogens is 232 g/mol. The lowest BCUT2D eigenvalue weighted by molar-refractivity contribution is 0.100. The number of hydrogen-bond donors (Lipinski definition) is 1. The molecule has 1 aliphatic heterocycles. The number of carbonyl (C=O) groups excluding carboxylic acids is 1. The summed E-state index contributed by atoms with van der Waals surface area (Å²) in [6.07, 6.45) is 2.27. The summed E-state index contributed by atoms with van der Waals surface area (Å²) < 4.78 is 0.913. The first kappa shape index (κ1) is 8.44. The van der Waals surface area contributed by atoms with Gasteiger partial charge in [-0.3, -0.25) is 4.79 Å². The Hall–Kier alpha value is -1.16. The van der Waals surface area contributed by atoms with Gasteiger partial charge >= 0.3 is 0 Å². The van der Waals surface area contributed by atoms with Crippen molar-refractivity contribution in [3.63, 3.8) is 0 Å². The molecule has 2 N–H and O–H groups in total. The van der Waals surface area contributed by atoms with Crippen LogP contribution in [-0.2, 0) is 6.42 Å². The zero-order valence-electron chi connectivity index (χ0n) is 6.75. The van der Waals surface area contributed by atoms with Crippen LogP contribution < -0.4 is 5.73 Å². The van der Waals surface area contributed by atoms with E-state index in [0.717, 1.165) is 10.0 Å². The monoisotopic (exact) mass is 238 g/mol. The quantitative estimate of drug-likeness (QED) is 0.701. The number of amides is 1. The first-order valence-corrected chi connectivity index (χ1v) is 4.63. The number of benzene rings is 1. The number of nitrogens with two attached hydrogens (primary N) is 1. The first-order chi connectivity index (χ1) is 6.20. The van der Waals surface area contributed by atoms with E-state index >= 15 is 0 Å². The topological polar surface area (TPSA) is 55.5 Å². The van der Waals surface area contributed by atoms with Gasteiger partial charge in [-0.05, 0) is 17.7 Å². The van der Waals surface area contributed by atoms with Gasteiger partial charge < -0.3 is 5.73 Å². The van der Waals surface area contributed by atoms with Crippen LogP contribution in [0.25, 0.3) is 0 Å². The van der Waals surface area contributed by atoms with Crippen LogP contribution in [0.4, 0.5) is 5.69 Å². The van der Waals surface area contributed by atoms with Crippen LogP contribution in [0.5, 0.6) is 0 Å². The molecule has 0 unspecified atom stereocenters. The average Bonchev–Trinajstić information content (AvgIpc) is 2.12. The molecular formula is C9H7BrN2O. The molecule has 0 atom stereocenters. The number of carbonyl (C=O) groups is 1. The van der Waals surface area contributed by atoms with Crippen LogP contribution in [0, 0.1) is 0 Å². The van der Waals surface area contributed by atoms with E-state index in [1.807, 2.05) is 6.07 Å². The van der Waals surface area contributed by atoms with Crippen LogP contribution in [0.3, 0.4) is 0 Å². The Kier molecular flexibility index (Phi) is 1.92. The van der Waals surface area contributed by atoms with E-state index in [2.05, 4.69) is 20.9 Å². The van der Waals surface area contributed by atoms with Crippen LogP contribution in [0.2, 0.25) is 0 Å². The highest BCUT2D eigenvalue weighted by molar-refractivity contribution is 9.10. The van der Waals surface area contributed by atoms with Gasteiger partial charge in [0.25, 0.3) is 5.91 Å². The number of nitrogen functional groups attached to an aromatic ring is 1. The number of fused-ring (bicyclic) bond motifs is 1. The van der Waals surface area contributed by atoms with Gasteiger partial charge in [-0.15, -0.1) is 0 Å². The fraction of sp³-hybridized carbons (Fsp3) is 0.111. The van der Waals surface area contributed by atoms with Gasteiger partial charge in [0.15, 0.2) is 0 Å². The maximum absolute atomic E-state index is 11.4. The standard InChI is InChI=1S/C9H7BrN2O/c10-6-1-2-7(11)8-5(6)3-4-12-9(8)13/h1-2,4H,3,11H2. The Morgan fingerprint density at radius 3 is 2.92 bits per heavy atom. The minimum Gasteiger partial charge on any atom is -0.398 e. The van der Waals surface area contributed by atoms with Gasteiger partial charge in [0.1, 0.15) is 0 Å². The number of nitrogens with zero attached hydrogens (tertiary/aromatic N) is 1. The second-order valence-electron chi connectivity index (χ2n) is 2.81. The molecule has 0 radical (unpaired) electrons. The number of aliphatic imine (C=N–C) groups is 1. The third-order valence-electron chi connectivity index (χ3n) is 2.01. The molecule has 0 aliphatic carbocycles. The molecule has 0 spiro atoms. The predicted molar refractivity (Wildman–Crippen MR) is 55.1 cm³/mol. The Labute approximate surface area is 83.8 Å². The fourth-order valence-corrected chi connectivity index (χ4v) is 1.87. The summed E-state index contributed by atoms with van der Waals surface area (Å²) in [5.41, 5.74) is 7.65. The molecule has 0 bridgehead atoms. The molecule has 1 heterocycles. The second kappa shape index (κ2) is 2.96. The lowest BCUT2D eigenvalue weighted by Gasteiger charge is -2.12. The molecule has 1 amide bonds. The summed E-state index contributed by atoms with van der Waals surface area (Å²) in [6, 6.07) is 3.56. The summed E-state index contributed by atoms with van der Waals surface area (Å²) in [6.45, 7) is 0. The van der Waals surface area contributed by atoms with Crippen molar-refractivity contribution in [2.75, 3.05) is 5.73 Å². The van der Waals surface area contributed by atoms with Gasteiger partial charge in [-0.25, -0.2) is 4.99 Å². The Bertz CT molecular complexity index is 412. The zero-order chi connectivity index (χ0) is 9.42. The summed E-state index contributed by atoms with van der Waals surface area (Å²) in [7, 11) is 0. The summed E-state index contributed by atoms with van der Waals surface area (Å²) in [4.78, 5) is 15.1. The normalized spacial score (nSPS) is 14.4. The molecule has 66 valence electrons. The van der Waals surface area contributed by atoms with Crippen LogP contribution in [-0.4, -0.2) is 12.1 Å². The SMILES string of the molecule is Nc1ccc(Br)c2c1C(=O)N=CC2. The smallest absolute Gasteiger partial charge is 0.279 e. The third kappa shape index (κ3) is 1.27. The van der Waals surface area contributed by atoms with Crippen molar-refractivity contribution in [2.45, 2.75) is 6.42 Å². The van der Waals surface area contributed by atoms with Crippen molar-refractivity contribution >= 4 is 33.7 Å². The van der Waals surface area contributed by atoms with Crippen molar-refractivity contribution in [3.05, 3.63) is 27.7 Å². The van der Waals surface area contributed by atoms with Crippen LogP contribution in [0.1, 0.15) is 15.9 Å². The number of halogens is 1. The number of rotatable bonds is 0. The summed E-state index contributed by atoms with van der Waals surface area (Å²) >= 11 is 3.37. The van der Waals surface area contributed by atoms with E-state index in [1.165, 1.54) is 0 Å². The van der Waals surface area contributed by atoms with Crippen molar-refractivity contribution < 1.29 is 4.79 Å². The van der Waals surface area contributed by atoms with Gasteiger partial charge in [-0.2, -0.15) is 0 Å². The Balaban J connectivity index is 2.72. The van der Waals surface area contributed by atoms with Crippen molar-refractivity contribution in [2.24, 2.45) is 4.99 Å². The summed E-state index contributed by atoms with van der Waals surface area (Å²) in [5, 5.41) is 0. The van der Waals surface area contributed by atoms with Crippen molar-refractivity contribution in [1.82, 2.24) is 0 Å². The predicted octanol–water partition coefficient (Wildman–Crippen LogP) is 1.80. The Morgan fingerprint density at radius 1 is 1.46 bits per heavy atom. The number of hydrogen-bond acceptors (Lipinski definition) is 2. The molecule has 13 heavy (non-hydrogen) atoms. The van der Waals surface area contributed by atoms with E-state index in [-0.39, 0.29) is 5.91 Å². The van der Waals surface area contributed by atoms with Gasteiger partial charge in [0, 0.05) is 22.8 Å². The molecule has 1 aromatic rings. The van der Waals surface area contributed by atoms with E-state index in [9.17, 15) is 4.79 Å². The number of anilines is 1. The zero-order valence-corrected chi connectivity index (χ0v) is 8.34. The molecule has 3 nitrogen and oxygen atoms in total. The van der Waals surface area contributed by atoms with Gasteiger partial charge in [0.2, 0.25) is 0 Å². The van der Waals surface area contributed by atoms with E-state index in [4.69, 9.17) is 5.73 Å². The van der Waals surface area contributed by atoms with E-state index in [0.29, 0.717) is 17.7 Å². The fourth-order valence-electron chi connectivity index (χ4n) is 1.38. The lowest BCUT2D eigenvalue weighted by atomic mass is 10.0. The van der Waals surface area contributed by atoms with Crippen LogP contribution in [0.15, 0.2) is 21.6 Å². The minimum atomic E-state index is -0.250. The van der Waals surface area contributed by atoms with Gasteiger partial charge in [-0.1, -0.05) is 15.9 Å². The third-order valence-corrected chi connectivity index (χ3v) is 2.75. The molecule has 0 aromatic heterocycles. The lowest BCUT2D eigenvalue weighted by Crippen LogP contribution is -2.12. The average molecular weight is 239 g/mol. The first-order valence-electron chi connectivity index (χ1n) is 3.84. The molecule has 0 fully saturated rings. The molecule has 0 saturated carbocycles. The Morgan fingerprint density at radius 2 is 2.23 bits per heavy atom. The minimum absolute atomic E-state index is 0.250. The molecule has 1 aliphatic rings. The van der Waals surface area contributed by atoms with E-state index < -0.39 is 0 Å². The highest BCUT2D eigenvalue weighted by Gasteiger charge is 2.19.